The van der Waals surface area contributed by atoms with Crippen molar-refractivity contribution in [3.63, 3.8) is 0 Å². The van der Waals surface area contributed by atoms with Crippen molar-refractivity contribution >= 4 is 33.6 Å². The molecule has 3 rings (SSSR count). The quantitative estimate of drug-likeness (QED) is 0.713. The number of amides is 2. The van der Waals surface area contributed by atoms with Gasteiger partial charge >= 0.3 is 0 Å². The lowest BCUT2D eigenvalue weighted by molar-refractivity contribution is 0.0987. The molecular formula is C16H14N4O2. The number of rotatable bonds is 3. The van der Waals surface area contributed by atoms with Gasteiger partial charge in [0, 0.05) is 10.8 Å². The van der Waals surface area contributed by atoms with E-state index in [2.05, 4.69) is 9.97 Å². The predicted octanol–water partition coefficient (Wildman–Crippen LogP) is 1.54. The Hall–Kier alpha value is -3.02. The molecule has 4 N–H and O–H groups in total. The molecule has 0 unspecified atom stereocenters. The molecule has 0 spiro atoms. The first-order chi connectivity index (χ1) is 10.5. The summed E-state index contributed by atoms with van der Waals surface area (Å²) in [4.78, 5) is 31.6. The number of hydrogen-bond acceptors (Lipinski definition) is 4. The Labute approximate surface area is 126 Å². The highest BCUT2D eigenvalue weighted by atomic mass is 16.1. The maximum atomic E-state index is 11.6. The van der Waals surface area contributed by atoms with Crippen molar-refractivity contribution in [3.8, 4) is 0 Å². The van der Waals surface area contributed by atoms with E-state index in [1.54, 1.807) is 12.1 Å². The number of pyridine rings is 2. The van der Waals surface area contributed by atoms with Crippen molar-refractivity contribution in [2.45, 2.75) is 13.3 Å². The topological polar surface area (TPSA) is 112 Å². The summed E-state index contributed by atoms with van der Waals surface area (Å²) in [5.74, 6) is -1.19. The van der Waals surface area contributed by atoms with E-state index < -0.39 is 11.8 Å². The zero-order valence-corrected chi connectivity index (χ0v) is 12.0. The number of carbonyl (C=O) groups excluding carboxylic acids is 2. The molecule has 0 aliphatic heterocycles. The van der Waals surface area contributed by atoms with Gasteiger partial charge in [0.05, 0.1) is 11.0 Å². The fraction of sp³-hybridized carbons (Fsp3) is 0.125. The van der Waals surface area contributed by atoms with E-state index in [-0.39, 0.29) is 11.4 Å². The third kappa shape index (κ3) is 2.14. The van der Waals surface area contributed by atoms with Crippen LogP contribution in [0.4, 0.5) is 0 Å². The molecule has 22 heavy (non-hydrogen) atoms. The lowest BCUT2D eigenvalue weighted by Crippen LogP contribution is -2.16. The normalized spacial score (nSPS) is 11.0. The van der Waals surface area contributed by atoms with E-state index >= 15 is 0 Å². The summed E-state index contributed by atoms with van der Waals surface area (Å²) in [6.45, 7) is 1.93. The molecular weight excluding hydrogens is 280 g/mol. The summed E-state index contributed by atoms with van der Waals surface area (Å²) in [6.07, 6.45) is 0.647. The second kappa shape index (κ2) is 5.07. The number of aryl methyl sites for hydroxylation is 1. The summed E-state index contributed by atoms with van der Waals surface area (Å²) < 4.78 is 0. The summed E-state index contributed by atoms with van der Waals surface area (Å²) in [7, 11) is 0. The zero-order valence-electron chi connectivity index (χ0n) is 12.0. The minimum Gasteiger partial charge on any atom is -0.364 e. The molecule has 1 aromatic carbocycles. The van der Waals surface area contributed by atoms with Crippen molar-refractivity contribution in [1.29, 1.82) is 0 Å². The van der Waals surface area contributed by atoms with E-state index in [9.17, 15) is 9.59 Å². The SMILES string of the molecule is CCc1cc2ccc3ccc(C(N)=O)nc3c2nc1C(N)=O. The Balaban J connectivity index is 2.43. The molecule has 110 valence electrons. The fourth-order valence-corrected chi connectivity index (χ4v) is 2.48. The predicted molar refractivity (Wildman–Crippen MR) is 83.5 cm³/mol. The molecule has 0 aliphatic rings. The van der Waals surface area contributed by atoms with Gasteiger partial charge in [-0.25, -0.2) is 9.97 Å². The van der Waals surface area contributed by atoms with Gasteiger partial charge in [-0.05, 0) is 24.1 Å². The van der Waals surface area contributed by atoms with Gasteiger partial charge in [-0.3, -0.25) is 9.59 Å². The van der Waals surface area contributed by atoms with Crippen LogP contribution in [0, 0.1) is 0 Å². The Kier molecular flexibility index (Phi) is 3.21. The third-order valence-corrected chi connectivity index (χ3v) is 3.59. The highest BCUT2D eigenvalue weighted by Crippen LogP contribution is 2.25. The Morgan fingerprint density at radius 1 is 0.955 bits per heavy atom. The molecule has 6 nitrogen and oxygen atoms in total. The zero-order chi connectivity index (χ0) is 15.9. The second-order valence-electron chi connectivity index (χ2n) is 4.98. The first kappa shape index (κ1) is 13.9. The second-order valence-corrected chi connectivity index (χ2v) is 4.98. The standard InChI is InChI=1S/C16H14N4O2/c1-2-8-7-10-4-3-9-5-6-11(15(17)21)19-12(9)13(10)20-14(8)16(18)22/h3-7H,2H2,1H3,(H2,17,21)(H2,18,22). The van der Waals surface area contributed by atoms with Crippen LogP contribution in [-0.2, 0) is 6.42 Å². The Morgan fingerprint density at radius 2 is 1.59 bits per heavy atom. The van der Waals surface area contributed by atoms with E-state index in [1.165, 1.54) is 0 Å². The first-order valence-corrected chi connectivity index (χ1v) is 6.84. The highest BCUT2D eigenvalue weighted by Gasteiger charge is 2.14. The van der Waals surface area contributed by atoms with Gasteiger partial charge in [0.25, 0.3) is 11.8 Å². The molecule has 0 atom stereocenters. The molecule has 3 aromatic rings. The van der Waals surface area contributed by atoms with Crippen LogP contribution >= 0.6 is 0 Å². The van der Waals surface area contributed by atoms with Crippen molar-refractivity contribution in [2.75, 3.05) is 0 Å². The molecule has 0 saturated heterocycles. The average Bonchev–Trinajstić information content (AvgIpc) is 2.52. The maximum absolute atomic E-state index is 11.6. The summed E-state index contributed by atoms with van der Waals surface area (Å²) >= 11 is 0. The molecule has 2 amide bonds. The molecule has 0 fully saturated rings. The molecule has 6 heteroatoms. The number of primary amides is 2. The summed E-state index contributed by atoms with van der Waals surface area (Å²) in [6, 6.07) is 8.98. The third-order valence-electron chi connectivity index (χ3n) is 3.59. The minimum atomic E-state index is -0.612. The van der Waals surface area contributed by atoms with Gasteiger partial charge < -0.3 is 11.5 Å². The first-order valence-electron chi connectivity index (χ1n) is 6.84. The van der Waals surface area contributed by atoms with Gasteiger partial charge in [-0.1, -0.05) is 25.1 Å². The largest absolute Gasteiger partial charge is 0.364 e. The van der Waals surface area contributed by atoms with Gasteiger partial charge in [0.2, 0.25) is 0 Å². The van der Waals surface area contributed by atoms with Crippen LogP contribution in [0.1, 0.15) is 33.5 Å². The molecule has 0 bridgehead atoms. The van der Waals surface area contributed by atoms with Crippen molar-refractivity contribution in [3.05, 3.63) is 47.3 Å². The average molecular weight is 294 g/mol. The number of fused-ring (bicyclic) bond motifs is 3. The maximum Gasteiger partial charge on any atom is 0.267 e. The van der Waals surface area contributed by atoms with Crippen molar-refractivity contribution in [2.24, 2.45) is 11.5 Å². The smallest absolute Gasteiger partial charge is 0.267 e. The lowest BCUT2D eigenvalue weighted by Gasteiger charge is -2.09. The molecule has 2 heterocycles. The van der Waals surface area contributed by atoms with Crippen LogP contribution in [0.3, 0.4) is 0 Å². The van der Waals surface area contributed by atoms with Gasteiger partial charge in [0.1, 0.15) is 11.4 Å². The molecule has 2 aromatic heterocycles. The van der Waals surface area contributed by atoms with Crippen LogP contribution in [0.5, 0.6) is 0 Å². The van der Waals surface area contributed by atoms with Crippen LogP contribution in [0.25, 0.3) is 21.8 Å². The Bertz CT molecular complexity index is 934. The molecule has 0 radical (unpaired) electrons. The van der Waals surface area contributed by atoms with Crippen LogP contribution in [0.15, 0.2) is 30.3 Å². The van der Waals surface area contributed by atoms with Gasteiger partial charge in [0.15, 0.2) is 0 Å². The number of benzene rings is 1. The van der Waals surface area contributed by atoms with Gasteiger partial charge in [-0.2, -0.15) is 0 Å². The van der Waals surface area contributed by atoms with Crippen LogP contribution < -0.4 is 11.5 Å². The Morgan fingerprint density at radius 3 is 2.23 bits per heavy atom. The number of aromatic nitrogens is 2. The van der Waals surface area contributed by atoms with E-state index in [0.717, 1.165) is 16.3 Å². The van der Waals surface area contributed by atoms with Crippen LogP contribution in [0.2, 0.25) is 0 Å². The summed E-state index contributed by atoms with van der Waals surface area (Å²) in [5.41, 5.74) is 12.9. The number of carbonyl (C=O) groups is 2. The molecule has 0 saturated carbocycles. The van der Waals surface area contributed by atoms with Crippen molar-refractivity contribution < 1.29 is 9.59 Å². The van der Waals surface area contributed by atoms with E-state index in [0.29, 0.717) is 17.5 Å². The minimum absolute atomic E-state index is 0.155. The van der Waals surface area contributed by atoms with Crippen LogP contribution in [-0.4, -0.2) is 21.8 Å². The van der Waals surface area contributed by atoms with Crippen molar-refractivity contribution in [1.82, 2.24) is 9.97 Å². The van der Waals surface area contributed by atoms with E-state index in [1.807, 2.05) is 25.1 Å². The van der Waals surface area contributed by atoms with E-state index in [4.69, 9.17) is 11.5 Å². The monoisotopic (exact) mass is 294 g/mol. The highest BCUT2D eigenvalue weighted by molar-refractivity contribution is 6.06. The number of nitrogens with two attached hydrogens (primary N) is 2. The number of nitrogens with zero attached hydrogens (tertiary/aromatic N) is 2. The summed E-state index contributed by atoms with van der Waals surface area (Å²) in [5, 5.41) is 1.65. The fourth-order valence-electron chi connectivity index (χ4n) is 2.48. The van der Waals surface area contributed by atoms with Gasteiger partial charge in [-0.15, -0.1) is 0 Å². The number of hydrogen-bond donors (Lipinski definition) is 2. The molecule has 0 aliphatic carbocycles. The lowest BCUT2D eigenvalue weighted by atomic mass is 10.0.